The third kappa shape index (κ3) is 4.39. The van der Waals surface area contributed by atoms with Crippen molar-refractivity contribution in [2.24, 2.45) is 10.2 Å². The van der Waals surface area contributed by atoms with Gasteiger partial charge in [0, 0.05) is 5.56 Å². The van der Waals surface area contributed by atoms with Gasteiger partial charge in [0.2, 0.25) is 0 Å². The minimum atomic E-state index is -4.64. The molecule has 1 aromatic rings. The van der Waals surface area contributed by atoms with Gasteiger partial charge in [-0.05, 0) is 24.1 Å². The number of rotatable bonds is 9. The average molecular weight is 370 g/mol. The Balaban J connectivity index is 2.08. The second-order valence-corrected chi connectivity index (χ2v) is 5.35. The summed E-state index contributed by atoms with van der Waals surface area (Å²) in [6.45, 7) is 0.916. The third-order valence-corrected chi connectivity index (χ3v) is 3.68. The molecule has 0 saturated heterocycles. The molecule has 0 saturated carbocycles. The third-order valence-electron chi connectivity index (χ3n) is 3.68. The van der Waals surface area contributed by atoms with Crippen molar-refractivity contribution in [1.82, 2.24) is 0 Å². The molecule has 0 fully saturated rings. The maximum Gasteiger partial charge on any atom is 0.442 e. The lowest BCUT2D eigenvalue weighted by molar-refractivity contribution is -0.166. The van der Waals surface area contributed by atoms with Gasteiger partial charge >= 0.3 is 17.8 Å². The monoisotopic (exact) mass is 370 g/mol. The van der Waals surface area contributed by atoms with E-state index in [0.717, 1.165) is 0 Å². The van der Waals surface area contributed by atoms with Crippen LogP contribution in [0.1, 0.15) is 21.5 Å². The summed E-state index contributed by atoms with van der Waals surface area (Å²) in [6, 6.07) is 3.72. The molecule has 0 unspecified atom stereocenters. The second kappa shape index (κ2) is 8.29. The maximum absolute atomic E-state index is 13.2. The molecule has 0 N–H and O–H groups in total. The van der Waals surface area contributed by atoms with Gasteiger partial charge in [0.05, 0.1) is 32.5 Å². The quantitative estimate of drug-likeness (QED) is 0.381. The van der Waals surface area contributed by atoms with E-state index in [9.17, 15) is 18.0 Å². The van der Waals surface area contributed by atoms with Gasteiger partial charge < -0.3 is 14.2 Å². The van der Waals surface area contributed by atoms with E-state index >= 15 is 0 Å². The van der Waals surface area contributed by atoms with Crippen molar-refractivity contribution in [1.29, 1.82) is 0 Å². The van der Waals surface area contributed by atoms with Crippen molar-refractivity contribution in [3.8, 4) is 12.3 Å². The molecule has 2 rings (SSSR count). The Hall–Kier alpha value is -2.44. The van der Waals surface area contributed by atoms with Crippen LogP contribution in [0.5, 0.6) is 0 Å². The number of carbonyl (C=O) groups excluding carboxylic acids is 1. The summed E-state index contributed by atoms with van der Waals surface area (Å²) in [4.78, 5) is 11.8. The van der Waals surface area contributed by atoms with Crippen LogP contribution in [0.15, 0.2) is 28.4 Å². The van der Waals surface area contributed by atoms with Crippen molar-refractivity contribution in [3.63, 3.8) is 0 Å². The highest BCUT2D eigenvalue weighted by Gasteiger charge is 2.65. The SMILES string of the molecule is C#CCOCCOCCc1cc(C2(C(F)(F)F)N=N2)ccc1C(=O)OC. The summed E-state index contributed by atoms with van der Waals surface area (Å²) in [7, 11) is 1.20. The van der Waals surface area contributed by atoms with Crippen LogP contribution in [-0.2, 0) is 26.3 Å². The summed E-state index contributed by atoms with van der Waals surface area (Å²) >= 11 is 0. The van der Waals surface area contributed by atoms with E-state index in [-0.39, 0.29) is 37.4 Å². The summed E-state index contributed by atoms with van der Waals surface area (Å²) < 4.78 is 54.5. The molecule has 140 valence electrons. The molecule has 0 radical (unpaired) electrons. The Morgan fingerprint density at radius 3 is 2.50 bits per heavy atom. The summed E-state index contributed by atoms with van der Waals surface area (Å²) in [5.41, 5.74) is -2.16. The van der Waals surface area contributed by atoms with E-state index in [1.807, 2.05) is 0 Å². The van der Waals surface area contributed by atoms with Crippen LogP contribution in [-0.4, -0.2) is 45.7 Å². The van der Waals surface area contributed by atoms with E-state index in [4.69, 9.17) is 15.9 Å². The molecule has 0 aliphatic carbocycles. The van der Waals surface area contributed by atoms with Crippen molar-refractivity contribution in [3.05, 3.63) is 34.9 Å². The minimum absolute atomic E-state index is 0.148. The van der Waals surface area contributed by atoms with Crippen LogP contribution in [0.4, 0.5) is 13.2 Å². The Bertz CT molecular complexity index is 720. The highest BCUT2D eigenvalue weighted by Crippen LogP contribution is 2.52. The van der Waals surface area contributed by atoms with Gasteiger partial charge in [-0.25, -0.2) is 4.79 Å². The van der Waals surface area contributed by atoms with E-state index < -0.39 is 17.8 Å². The molecule has 1 aliphatic heterocycles. The molecule has 0 spiro atoms. The smallest absolute Gasteiger partial charge is 0.442 e. The van der Waals surface area contributed by atoms with Gasteiger partial charge in [-0.1, -0.05) is 12.0 Å². The number of alkyl halides is 3. The maximum atomic E-state index is 13.2. The Labute approximate surface area is 148 Å². The van der Waals surface area contributed by atoms with Gasteiger partial charge in [0.1, 0.15) is 6.61 Å². The first kappa shape index (κ1) is 19.9. The van der Waals surface area contributed by atoms with Crippen LogP contribution in [0.25, 0.3) is 0 Å². The molecule has 1 aliphatic rings. The topological polar surface area (TPSA) is 69.5 Å². The van der Waals surface area contributed by atoms with Gasteiger partial charge in [-0.2, -0.15) is 13.2 Å². The number of hydrogen-bond donors (Lipinski definition) is 0. The van der Waals surface area contributed by atoms with Crippen molar-refractivity contribution >= 4 is 5.97 Å². The molecule has 0 amide bonds. The zero-order valence-electron chi connectivity index (χ0n) is 14.0. The standard InChI is InChI=1S/C17H17F3N2O4/c1-3-7-25-9-10-26-8-6-12-11-13(4-5-14(12)15(23)24-2)16(21-22-16)17(18,19)20/h1,4-5,11H,6-10H2,2H3. The lowest BCUT2D eigenvalue weighted by Gasteiger charge is -2.17. The predicted molar refractivity (Wildman–Crippen MR) is 84.5 cm³/mol. The molecule has 0 bridgehead atoms. The van der Waals surface area contributed by atoms with E-state index in [0.29, 0.717) is 12.2 Å². The fourth-order valence-corrected chi connectivity index (χ4v) is 2.30. The Morgan fingerprint density at radius 2 is 1.92 bits per heavy atom. The Kier molecular flexibility index (Phi) is 6.34. The van der Waals surface area contributed by atoms with E-state index in [2.05, 4.69) is 20.9 Å². The second-order valence-electron chi connectivity index (χ2n) is 5.35. The number of esters is 1. The zero-order chi connectivity index (χ0) is 19.2. The highest BCUT2D eigenvalue weighted by molar-refractivity contribution is 5.91. The van der Waals surface area contributed by atoms with Crippen LogP contribution in [0.3, 0.4) is 0 Å². The molecule has 9 heteroatoms. The molecule has 0 atom stereocenters. The predicted octanol–water partition coefficient (Wildman–Crippen LogP) is 2.86. The van der Waals surface area contributed by atoms with Crippen molar-refractivity contribution in [2.45, 2.75) is 18.3 Å². The molecule has 1 aromatic carbocycles. The highest BCUT2D eigenvalue weighted by atomic mass is 19.4. The number of methoxy groups -OCH3 is 1. The van der Waals surface area contributed by atoms with Gasteiger partial charge in [-0.15, -0.1) is 16.7 Å². The number of halogens is 3. The molecular formula is C17H17F3N2O4. The van der Waals surface area contributed by atoms with Crippen LogP contribution in [0.2, 0.25) is 0 Å². The number of carbonyl (C=O) groups is 1. The number of nitrogens with zero attached hydrogens (tertiary/aromatic N) is 2. The fourth-order valence-electron chi connectivity index (χ4n) is 2.30. The van der Waals surface area contributed by atoms with E-state index in [1.165, 1.54) is 25.3 Å². The van der Waals surface area contributed by atoms with Gasteiger partial charge in [0.25, 0.3) is 0 Å². The largest absolute Gasteiger partial charge is 0.465 e. The fraction of sp³-hybridized carbons (Fsp3) is 0.471. The van der Waals surface area contributed by atoms with Gasteiger partial charge in [0.15, 0.2) is 0 Å². The molecule has 6 nitrogen and oxygen atoms in total. The Morgan fingerprint density at radius 1 is 1.23 bits per heavy atom. The molecular weight excluding hydrogens is 353 g/mol. The van der Waals surface area contributed by atoms with Crippen molar-refractivity contribution < 1.29 is 32.2 Å². The minimum Gasteiger partial charge on any atom is -0.465 e. The summed E-state index contributed by atoms with van der Waals surface area (Å²) in [6.07, 6.45) is 0.606. The van der Waals surface area contributed by atoms with Crippen LogP contribution in [0, 0.1) is 12.3 Å². The first-order valence-electron chi connectivity index (χ1n) is 7.67. The van der Waals surface area contributed by atoms with Gasteiger partial charge in [-0.3, -0.25) is 0 Å². The zero-order valence-corrected chi connectivity index (χ0v) is 14.0. The van der Waals surface area contributed by atoms with E-state index in [1.54, 1.807) is 0 Å². The number of ether oxygens (including phenoxy) is 3. The lowest BCUT2D eigenvalue weighted by atomic mass is 9.95. The van der Waals surface area contributed by atoms with Crippen LogP contribution < -0.4 is 0 Å². The molecule has 0 aromatic heterocycles. The first-order chi connectivity index (χ1) is 12.4. The molecule has 26 heavy (non-hydrogen) atoms. The van der Waals surface area contributed by atoms with Crippen molar-refractivity contribution in [2.75, 3.05) is 33.5 Å². The summed E-state index contributed by atoms with van der Waals surface area (Å²) in [5.74, 6) is 1.67. The normalized spacial score (nSPS) is 14.7. The number of terminal acetylenes is 1. The van der Waals surface area contributed by atoms with Crippen LogP contribution >= 0.6 is 0 Å². The number of hydrogen-bond acceptors (Lipinski definition) is 6. The summed E-state index contributed by atoms with van der Waals surface area (Å²) in [5, 5.41) is 6.34. The lowest BCUT2D eigenvalue weighted by Crippen LogP contribution is -2.30. The average Bonchev–Trinajstić information content (AvgIpc) is 3.42. The first-order valence-corrected chi connectivity index (χ1v) is 7.67. The molecule has 1 heterocycles. The number of benzene rings is 1.